The zero-order valence-electron chi connectivity index (χ0n) is 20.5. The fraction of sp³-hybridized carbons (Fsp3) is 0.429. The smallest absolute Gasteiger partial charge is 0.228 e. The second-order valence-electron chi connectivity index (χ2n) is 9.57. The van der Waals surface area contributed by atoms with E-state index in [9.17, 15) is 4.79 Å². The number of thioether (sulfide) groups is 1. The Balaban J connectivity index is 1.29. The van der Waals surface area contributed by atoms with Crippen LogP contribution in [0.1, 0.15) is 51.4 Å². The molecule has 1 aliphatic carbocycles. The molecule has 1 fully saturated rings. The SMILES string of the molecule is CCSc1ccc(CC(=O)NC2=CC3CC(C)(c4nc5cccc(Cl)c5n4CC)OC3CC2)cc1. The average molecular weight is 510 g/mol. The fourth-order valence-corrected chi connectivity index (χ4v) is 6.44. The number of fused-ring (bicyclic) bond motifs is 2. The van der Waals surface area contributed by atoms with Crippen molar-refractivity contribution in [1.82, 2.24) is 14.9 Å². The number of imidazole rings is 1. The first-order valence-electron chi connectivity index (χ1n) is 12.5. The van der Waals surface area contributed by atoms with Crippen LogP contribution in [0.5, 0.6) is 0 Å². The van der Waals surface area contributed by atoms with Gasteiger partial charge in [-0.25, -0.2) is 4.98 Å². The number of hydrogen-bond acceptors (Lipinski definition) is 4. The lowest BCUT2D eigenvalue weighted by molar-refractivity contribution is -0.119. The molecule has 2 aromatic carbocycles. The fourth-order valence-electron chi connectivity index (χ4n) is 5.51. The summed E-state index contributed by atoms with van der Waals surface area (Å²) in [6, 6.07) is 14.1. The number of hydrogen-bond donors (Lipinski definition) is 1. The van der Waals surface area contributed by atoms with Crippen LogP contribution in [0.25, 0.3) is 11.0 Å². The molecule has 1 saturated heterocycles. The molecule has 3 atom stereocenters. The van der Waals surface area contributed by atoms with Crippen molar-refractivity contribution in [3.8, 4) is 0 Å². The van der Waals surface area contributed by atoms with Gasteiger partial charge in [-0.2, -0.15) is 0 Å². The molecule has 0 bridgehead atoms. The largest absolute Gasteiger partial charge is 0.363 e. The van der Waals surface area contributed by atoms with Crippen LogP contribution < -0.4 is 5.32 Å². The van der Waals surface area contributed by atoms with Gasteiger partial charge >= 0.3 is 0 Å². The summed E-state index contributed by atoms with van der Waals surface area (Å²) in [5.74, 6) is 2.26. The summed E-state index contributed by atoms with van der Waals surface area (Å²) in [6.07, 6.45) is 5.26. The van der Waals surface area contributed by atoms with Crippen LogP contribution in [0.4, 0.5) is 0 Å². The summed E-state index contributed by atoms with van der Waals surface area (Å²) >= 11 is 8.33. The molecule has 1 aliphatic heterocycles. The van der Waals surface area contributed by atoms with Gasteiger partial charge in [0.15, 0.2) is 0 Å². The lowest BCUT2D eigenvalue weighted by Gasteiger charge is -2.26. The molecule has 0 spiro atoms. The van der Waals surface area contributed by atoms with Crippen molar-refractivity contribution in [3.05, 3.63) is 70.6 Å². The highest BCUT2D eigenvalue weighted by Crippen LogP contribution is 2.47. The Hall–Kier alpha value is -2.28. The molecule has 35 heavy (non-hydrogen) atoms. The predicted molar refractivity (Wildman–Crippen MR) is 143 cm³/mol. The molecular weight excluding hydrogens is 478 g/mol. The minimum atomic E-state index is -0.498. The van der Waals surface area contributed by atoms with E-state index >= 15 is 0 Å². The van der Waals surface area contributed by atoms with E-state index < -0.39 is 5.60 Å². The van der Waals surface area contributed by atoms with E-state index in [-0.39, 0.29) is 17.9 Å². The van der Waals surface area contributed by atoms with Crippen molar-refractivity contribution < 1.29 is 9.53 Å². The molecule has 0 radical (unpaired) electrons. The molecule has 0 saturated carbocycles. The third kappa shape index (κ3) is 4.89. The second kappa shape index (κ2) is 10.00. The first kappa shape index (κ1) is 24.4. The quantitative estimate of drug-likeness (QED) is 0.370. The predicted octanol–water partition coefficient (Wildman–Crippen LogP) is 6.48. The lowest BCUT2D eigenvalue weighted by Crippen LogP contribution is -2.30. The topological polar surface area (TPSA) is 56.2 Å². The molecule has 184 valence electrons. The Morgan fingerprint density at radius 1 is 1.26 bits per heavy atom. The number of allylic oxidation sites excluding steroid dienone is 1. The number of ether oxygens (including phenoxy) is 1. The van der Waals surface area contributed by atoms with Crippen LogP contribution in [-0.4, -0.2) is 27.3 Å². The van der Waals surface area contributed by atoms with E-state index in [1.807, 2.05) is 42.1 Å². The lowest BCUT2D eigenvalue weighted by atomic mass is 9.86. The summed E-state index contributed by atoms with van der Waals surface area (Å²) < 4.78 is 8.83. The molecule has 1 aromatic heterocycles. The van der Waals surface area contributed by atoms with Gasteiger partial charge in [0.05, 0.1) is 28.6 Å². The monoisotopic (exact) mass is 509 g/mol. The zero-order chi connectivity index (χ0) is 24.6. The van der Waals surface area contributed by atoms with Crippen molar-refractivity contribution in [2.75, 3.05) is 5.75 Å². The van der Waals surface area contributed by atoms with E-state index in [1.165, 1.54) is 4.90 Å². The molecular formula is C28H32ClN3O2S. The Labute approximate surface area is 216 Å². The molecule has 5 nitrogen and oxygen atoms in total. The van der Waals surface area contributed by atoms with Gasteiger partial charge in [-0.3, -0.25) is 4.79 Å². The summed E-state index contributed by atoms with van der Waals surface area (Å²) in [7, 11) is 0. The molecule has 5 rings (SSSR count). The maximum absolute atomic E-state index is 12.7. The van der Waals surface area contributed by atoms with Crippen molar-refractivity contribution in [3.63, 3.8) is 0 Å². The third-order valence-electron chi connectivity index (χ3n) is 7.03. The zero-order valence-corrected chi connectivity index (χ0v) is 22.1. The number of nitrogens with zero attached hydrogens (tertiary/aromatic N) is 2. The van der Waals surface area contributed by atoms with Gasteiger partial charge in [0, 0.05) is 23.1 Å². The summed E-state index contributed by atoms with van der Waals surface area (Å²) in [4.78, 5) is 18.9. The van der Waals surface area contributed by atoms with Crippen molar-refractivity contribution >= 4 is 40.3 Å². The molecule has 2 aliphatic rings. The highest BCUT2D eigenvalue weighted by atomic mass is 35.5. The van der Waals surface area contributed by atoms with Gasteiger partial charge in [0.2, 0.25) is 5.91 Å². The van der Waals surface area contributed by atoms with Crippen LogP contribution in [0.2, 0.25) is 5.02 Å². The maximum Gasteiger partial charge on any atom is 0.228 e. The van der Waals surface area contributed by atoms with Crippen LogP contribution in [0, 0.1) is 5.92 Å². The van der Waals surface area contributed by atoms with Gasteiger partial charge in [-0.1, -0.05) is 42.8 Å². The van der Waals surface area contributed by atoms with Crippen LogP contribution >= 0.6 is 23.4 Å². The van der Waals surface area contributed by atoms with E-state index in [1.54, 1.807) is 0 Å². The van der Waals surface area contributed by atoms with Crippen LogP contribution in [0.15, 0.2) is 59.1 Å². The van der Waals surface area contributed by atoms with Crippen molar-refractivity contribution in [2.45, 2.75) is 69.6 Å². The highest BCUT2D eigenvalue weighted by molar-refractivity contribution is 7.99. The average Bonchev–Trinajstić information content (AvgIpc) is 3.39. The summed E-state index contributed by atoms with van der Waals surface area (Å²) in [6.45, 7) is 7.17. The van der Waals surface area contributed by atoms with Crippen molar-refractivity contribution in [2.24, 2.45) is 5.92 Å². The Morgan fingerprint density at radius 3 is 2.80 bits per heavy atom. The van der Waals surface area contributed by atoms with Crippen LogP contribution in [0.3, 0.4) is 0 Å². The van der Waals surface area contributed by atoms with E-state index in [0.717, 1.165) is 59.7 Å². The van der Waals surface area contributed by atoms with Gasteiger partial charge in [0.1, 0.15) is 11.4 Å². The Bertz CT molecular complexity index is 1270. The Morgan fingerprint density at radius 2 is 2.06 bits per heavy atom. The summed E-state index contributed by atoms with van der Waals surface area (Å²) in [5, 5.41) is 3.88. The molecule has 1 amide bonds. The van der Waals surface area contributed by atoms with Gasteiger partial charge in [-0.15, -0.1) is 11.8 Å². The molecule has 2 heterocycles. The standard InChI is InChI=1S/C28H32ClN3O2S/c1-4-32-26-22(29)7-6-8-23(26)31-27(32)28(3)17-19-16-20(11-14-24(19)34-28)30-25(33)15-18-9-12-21(13-10-18)35-5-2/h6-10,12-13,16,19,24H,4-5,11,14-15,17H2,1-3H3,(H,30,33). The number of aryl methyl sites for hydroxylation is 1. The number of halogens is 1. The van der Waals surface area contributed by atoms with E-state index in [2.05, 4.69) is 48.9 Å². The molecule has 1 N–H and O–H groups in total. The van der Waals surface area contributed by atoms with E-state index in [4.69, 9.17) is 21.3 Å². The number of carbonyl (C=O) groups excluding carboxylic acids is 1. The molecule has 7 heteroatoms. The number of aromatic nitrogens is 2. The minimum Gasteiger partial charge on any atom is -0.363 e. The van der Waals surface area contributed by atoms with Crippen molar-refractivity contribution in [1.29, 1.82) is 0 Å². The third-order valence-corrected chi connectivity index (χ3v) is 8.23. The van der Waals surface area contributed by atoms with Gasteiger partial charge < -0.3 is 14.6 Å². The second-order valence-corrected chi connectivity index (χ2v) is 11.3. The number of rotatable bonds is 7. The maximum atomic E-state index is 12.7. The molecule has 3 unspecified atom stereocenters. The normalized spacial score (nSPS) is 23.8. The number of amides is 1. The van der Waals surface area contributed by atoms with Gasteiger partial charge in [-0.05, 0) is 68.7 Å². The number of para-hydroxylation sites is 1. The van der Waals surface area contributed by atoms with Crippen LogP contribution in [-0.2, 0) is 28.1 Å². The number of benzene rings is 2. The highest BCUT2D eigenvalue weighted by Gasteiger charge is 2.47. The first-order chi connectivity index (χ1) is 16.9. The molecule has 3 aromatic rings. The Kier molecular flexibility index (Phi) is 6.97. The summed E-state index contributed by atoms with van der Waals surface area (Å²) in [5.41, 5.74) is 3.41. The number of nitrogens with one attached hydrogen (secondary N) is 1. The van der Waals surface area contributed by atoms with Gasteiger partial charge in [0.25, 0.3) is 0 Å². The number of carbonyl (C=O) groups is 1. The minimum absolute atomic E-state index is 0.0367. The van der Waals surface area contributed by atoms with E-state index in [0.29, 0.717) is 11.4 Å². The first-order valence-corrected chi connectivity index (χ1v) is 13.8.